The molecule has 3 nitrogen and oxygen atoms in total. The summed E-state index contributed by atoms with van der Waals surface area (Å²) in [5.41, 5.74) is -0.369. The summed E-state index contributed by atoms with van der Waals surface area (Å²) in [5.74, 6) is 0.987. The molecule has 110 valence electrons. The first-order chi connectivity index (χ1) is 9.23. The number of nitrogens with one attached hydrogen (secondary N) is 1. The molecule has 1 saturated heterocycles. The van der Waals surface area contributed by atoms with Crippen molar-refractivity contribution in [3.05, 3.63) is 0 Å². The minimum Gasteiger partial charge on any atom is -0.389 e. The van der Waals surface area contributed by atoms with Crippen molar-refractivity contribution in [3.8, 4) is 0 Å². The number of piperidine rings is 1. The van der Waals surface area contributed by atoms with Crippen LogP contribution in [0.2, 0.25) is 0 Å². The molecule has 3 heteroatoms. The highest BCUT2D eigenvalue weighted by molar-refractivity contribution is 4.88. The summed E-state index contributed by atoms with van der Waals surface area (Å²) in [5, 5.41) is 14.3. The number of nitrogens with zero attached hydrogens (tertiary/aromatic N) is 1. The maximum Gasteiger partial charge on any atom is 0.0774 e. The largest absolute Gasteiger partial charge is 0.389 e. The topological polar surface area (TPSA) is 35.5 Å². The van der Waals surface area contributed by atoms with Gasteiger partial charge < -0.3 is 15.3 Å². The lowest BCUT2D eigenvalue weighted by molar-refractivity contribution is -0.0313. The highest BCUT2D eigenvalue weighted by Gasteiger charge is 2.32. The van der Waals surface area contributed by atoms with Gasteiger partial charge in [0.2, 0.25) is 0 Å². The molecule has 2 saturated carbocycles. The van der Waals surface area contributed by atoms with Gasteiger partial charge in [0.1, 0.15) is 0 Å². The average molecular weight is 266 g/mol. The van der Waals surface area contributed by atoms with E-state index < -0.39 is 0 Å². The molecule has 0 radical (unpaired) electrons. The molecule has 0 amide bonds. The van der Waals surface area contributed by atoms with E-state index in [-0.39, 0.29) is 5.60 Å². The van der Waals surface area contributed by atoms with Gasteiger partial charge in [-0.1, -0.05) is 19.3 Å². The van der Waals surface area contributed by atoms with Crippen LogP contribution in [-0.4, -0.2) is 47.8 Å². The van der Waals surface area contributed by atoms with Gasteiger partial charge in [0.05, 0.1) is 5.60 Å². The minimum absolute atomic E-state index is 0.369. The number of hydrogen-bond donors (Lipinski definition) is 2. The van der Waals surface area contributed by atoms with Crippen LogP contribution < -0.4 is 5.32 Å². The second-order valence-electron chi connectivity index (χ2n) is 7.19. The lowest BCUT2D eigenvalue weighted by Gasteiger charge is -2.40. The third kappa shape index (κ3) is 4.17. The Morgan fingerprint density at radius 3 is 2.32 bits per heavy atom. The molecule has 1 aliphatic heterocycles. The van der Waals surface area contributed by atoms with Crippen molar-refractivity contribution in [1.82, 2.24) is 10.2 Å². The van der Waals surface area contributed by atoms with Crippen molar-refractivity contribution in [3.63, 3.8) is 0 Å². The molecule has 3 fully saturated rings. The molecule has 0 atom stereocenters. The summed E-state index contributed by atoms with van der Waals surface area (Å²) in [6.07, 6.45) is 11.2. The maximum absolute atomic E-state index is 10.6. The van der Waals surface area contributed by atoms with Crippen LogP contribution in [0.25, 0.3) is 0 Å². The first-order valence-corrected chi connectivity index (χ1v) is 8.42. The highest BCUT2D eigenvalue weighted by atomic mass is 16.3. The molecule has 19 heavy (non-hydrogen) atoms. The van der Waals surface area contributed by atoms with Crippen LogP contribution in [0.15, 0.2) is 0 Å². The fourth-order valence-electron chi connectivity index (χ4n) is 3.73. The fourth-order valence-corrected chi connectivity index (χ4v) is 3.73. The third-order valence-corrected chi connectivity index (χ3v) is 5.28. The summed E-state index contributed by atoms with van der Waals surface area (Å²) in [6.45, 7) is 4.51. The van der Waals surface area contributed by atoms with Crippen molar-refractivity contribution in [2.45, 2.75) is 69.4 Å². The molecule has 0 aromatic heterocycles. The Balaban J connectivity index is 1.37. The van der Waals surface area contributed by atoms with E-state index in [0.717, 1.165) is 31.3 Å². The van der Waals surface area contributed by atoms with Gasteiger partial charge >= 0.3 is 0 Å². The first kappa shape index (κ1) is 13.8. The van der Waals surface area contributed by atoms with Crippen molar-refractivity contribution >= 4 is 0 Å². The number of likely N-dealkylation sites (tertiary alicyclic amines) is 1. The predicted molar refractivity (Wildman–Crippen MR) is 78.2 cm³/mol. The molecule has 0 aromatic rings. The number of aliphatic hydroxyl groups is 1. The molecular formula is C16H30N2O. The molecular weight excluding hydrogens is 236 g/mol. The molecule has 3 aliphatic rings. The van der Waals surface area contributed by atoms with E-state index in [9.17, 15) is 5.11 Å². The summed E-state index contributed by atoms with van der Waals surface area (Å²) in [4.78, 5) is 2.50. The Kier molecular flexibility index (Phi) is 4.45. The summed E-state index contributed by atoms with van der Waals surface area (Å²) in [7, 11) is 0. The van der Waals surface area contributed by atoms with Gasteiger partial charge in [0.15, 0.2) is 0 Å². The van der Waals surface area contributed by atoms with Crippen molar-refractivity contribution in [1.29, 1.82) is 0 Å². The maximum atomic E-state index is 10.6. The third-order valence-electron chi connectivity index (χ3n) is 5.28. The van der Waals surface area contributed by atoms with E-state index in [0.29, 0.717) is 0 Å². The quantitative estimate of drug-likeness (QED) is 0.800. The van der Waals surface area contributed by atoms with E-state index in [4.69, 9.17) is 0 Å². The summed E-state index contributed by atoms with van der Waals surface area (Å²) in [6, 6.07) is 0.734. The molecule has 0 spiro atoms. The van der Waals surface area contributed by atoms with Gasteiger partial charge in [0.25, 0.3) is 0 Å². The number of hydrogen-bond acceptors (Lipinski definition) is 3. The lowest BCUT2D eigenvalue weighted by Crippen LogP contribution is -2.49. The number of rotatable bonds is 5. The van der Waals surface area contributed by atoms with Crippen molar-refractivity contribution < 1.29 is 5.11 Å². The standard InChI is InChI=1S/C16H30N2O/c19-16(8-2-1-3-9-16)13-18-10-6-15(7-11-18)17-12-14-4-5-14/h14-15,17,19H,1-13H2. The van der Waals surface area contributed by atoms with Crippen LogP contribution >= 0.6 is 0 Å². The van der Waals surface area contributed by atoms with Crippen LogP contribution in [0.1, 0.15) is 57.8 Å². The van der Waals surface area contributed by atoms with Gasteiger partial charge in [-0.3, -0.25) is 0 Å². The molecule has 3 rings (SSSR count). The van der Waals surface area contributed by atoms with E-state index in [1.807, 2.05) is 0 Å². The van der Waals surface area contributed by atoms with Crippen molar-refractivity contribution in [2.24, 2.45) is 5.92 Å². The molecule has 2 N–H and O–H groups in total. The van der Waals surface area contributed by atoms with Gasteiger partial charge in [-0.05, 0) is 64.1 Å². The Bertz CT molecular complexity index is 276. The second-order valence-corrected chi connectivity index (χ2v) is 7.19. The SMILES string of the molecule is OC1(CN2CCC(NCC3CC3)CC2)CCCCC1. The highest BCUT2D eigenvalue weighted by Crippen LogP contribution is 2.30. The van der Waals surface area contributed by atoms with Crippen molar-refractivity contribution in [2.75, 3.05) is 26.2 Å². The van der Waals surface area contributed by atoms with E-state index in [2.05, 4.69) is 10.2 Å². The molecule has 0 bridgehead atoms. The van der Waals surface area contributed by atoms with Gasteiger partial charge in [0, 0.05) is 12.6 Å². The normalized spacial score (nSPS) is 29.5. The zero-order valence-corrected chi connectivity index (χ0v) is 12.2. The van der Waals surface area contributed by atoms with Crippen LogP contribution in [0, 0.1) is 5.92 Å². The van der Waals surface area contributed by atoms with Crippen LogP contribution in [0.5, 0.6) is 0 Å². The van der Waals surface area contributed by atoms with Crippen LogP contribution in [0.4, 0.5) is 0 Å². The van der Waals surface area contributed by atoms with Gasteiger partial charge in [-0.15, -0.1) is 0 Å². The first-order valence-electron chi connectivity index (χ1n) is 8.42. The van der Waals surface area contributed by atoms with E-state index >= 15 is 0 Å². The predicted octanol–water partition coefficient (Wildman–Crippen LogP) is 2.15. The van der Waals surface area contributed by atoms with E-state index in [1.165, 1.54) is 64.6 Å². The molecule has 0 unspecified atom stereocenters. The smallest absolute Gasteiger partial charge is 0.0774 e. The molecule has 2 aliphatic carbocycles. The van der Waals surface area contributed by atoms with Gasteiger partial charge in [-0.25, -0.2) is 0 Å². The van der Waals surface area contributed by atoms with Gasteiger partial charge in [-0.2, -0.15) is 0 Å². The summed E-state index contributed by atoms with van der Waals surface area (Å²) >= 11 is 0. The minimum atomic E-state index is -0.369. The Morgan fingerprint density at radius 1 is 1.00 bits per heavy atom. The Hall–Kier alpha value is -0.120. The van der Waals surface area contributed by atoms with E-state index in [1.54, 1.807) is 0 Å². The summed E-state index contributed by atoms with van der Waals surface area (Å²) < 4.78 is 0. The zero-order chi connectivity index (χ0) is 13.1. The number of β-amino-alcohol motifs (C(OH)–C–C–N with tert-alkyl or cyclic N) is 1. The van der Waals surface area contributed by atoms with Crippen LogP contribution in [0.3, 0.4) is 0 Å². The van der Waals surface area contributed by atoms with Crippen LogP contribution in [-0.2, 0) is 0 Å². The lowest BCUT2D eigenvalue weighted by atomic mass is 9.84. The molecule has 0 aromatic carbocycles. The zero-order valence-electron chi connectivity index (χ0n) is 12.2. The Morgan fingerprint density at radius 2 is 1.68 bits per heavy atom. The Labute approximate surface area is 117 Å². The molecule has 1 heterocycles. The fraction of sp³-hybridized carbons (Fsp3) is 1.00. The monoisotopic (exact) mass is 266 g/mol. The second kappa shape index (κ2) is 6.11. The average Bonchev–Trinajstić information content (AvgIpc) is 3.22.